The van der Waals surface area contributed by atoms with Crippen LogP contribution in [-0.2, 0) is 15.6 Å². The molecular formula is C30H24N6O3S. The van der Waals surface area contributed by atoms with E-state index in [0.29, 0.717) is 29.5 Å². The summed E-state index contributed by atoms with van der Waals surface area (Å²) in [5, 5.41) is 6.61. The highest BCUT2D eigenvalue weighted by atomic mass is 32.2. The number of aromatic nitrogens is 5. The number of nitrogens with zero attached hydrogens (tertiary/aromatic N) is 4. The van der Waals surface area contributed by atoms with Crippen molar-refractivity contribution in [2.75, 3.05) is 0 Å². The molecule has 7 rings (SSSR count). The van der Waals surface area contributed by atoms with Gasteiger partial charge in [-0.25, -0.2) is 32.7 Å². The van der Waals surface area contributed by atoms with E-state index in [1.54, 1.807) is 18.2 Å². The van der Waals surface area contributed by atoms with Crippen LogP contribution in [0.15, 0.2) is 107 Å². The first-order valence-corrected chi connectivity index (χ1v) is 14.4. The van der Waals surface area contributed by atoms with Crippen molar-refractivity contribution in [3.05, 3.63) is 113 Å². The van der Waals surface area contributed by atoms with Gasteiger partial charge in [0.25, 0.3) is 10.0 Å². The number of hydrogen-bond donors (Lipinski definition) is 2. The van der Waals surface area contributed by atoms with E-state index in [0.717, 1.165) is 34.4 Å². The molecule has 6 aromatic rings. The molecule has 0 atom stereocenters. The molecule has 1 aliphatic carbocycles. The summed E-state index contributed by atoms with van der Waals surface area (Å²) in [5.74, 6) is 0. The monoisotopic (exact) mass is 548 g/mol. The molecule has 0 saturated heterocycles. The number of sulfonamides is 1. The maximum absolute atomic E-state index is 13.1. The van der Waals surface area contributed by atoms with Crippen molar-refractivity contribution < 1.29 is 8.42 Å². The van der Waals surface area contributed by atoms with Gasteiger partial charge < -0.3 is 0 Å². The molecule has 0 amide bonds. The predicted molar refractivity (Wildman–Crippen MR) is 152 cm³/mol. The molecule has 0 unspecified atom stereocenters. The van der Waals surface area contributed by atoms with Gasteiger partial charge in [0.1, 0.15) is 0 Å². The minimum absolute atomic E-state index is 0.0107. The molecule has 40 heavy (non-hydrogen) atoms. The van der Waals surface area contributed by atoms with Crippen molar-refractivity contribution in [1.29, 1.82) is 0 Å². The summed E-state index contributed by atoms with van der Waals surface area (Å²) in [6, 6.07) is 28.2. The van der Waals surface area contributed by atoms with Crippen molar-refractivity contribution in [1.82, 2.24) is 29.3 Å². The van der Waals surface area contributed by atoms with Crippen LogP contribution in [0, 0.1) is 0 Å². The fourth-order valence-electron chi connectivity index (χ4n) is 5.43. The minimum Gasteiger partial charge on any atom is -0.246 e. The standard InChI is InChI=1S/C30H24N6O3S/c37-29-34-33-26-15-14-24-25(36(26)29)19-23(20-7-2-1-3-8-20)28(32-24)21-10-12-22(13-11-21)30(16-6-17-30)35-40(38,39)27-9-4-5-18-31-27/h1-5,7-15,18-19,35H,6,16-17H2,(H,34,37). The van der Waals surface area contributed by atoms with Crippen LogP contribution in [0.3, 0.4) is 0 Å². The number of benzene rings is 2. The lowest BCUT2D eigenvalue weighted by Gasteiger charge is -2.42. The molecule has 1 aliphatic rings. The van der Waals surface area contributed by atoms with Crippen LogP contribution in [0.2, 0.25) is 0 Å². The van der Waals surface area contributed by atoms with Gasteiger partial charge in [0, 0.05) is 17.3 Å². The van der Waals surface area contributed by atoms with Crippen LogP contribution in [0.4, 0.5) is 0 Å². The highest BCUT2D eigenvalue weighted by molar-refractivity contribution is 7.89. The lowest BCUT2D eigenvalue weighted by atomic mass is 9.72. The van der Waals surface area contributed by atoms with Gasteiger partial charge >= 0.3 is 5.69 Å². The predicted octanol–water partition coefficient (Wildman–Crippen LogP) is 4.66. The van der Waals surface area contributed by atoms with Gasteiger partial charge in [-0.15, -0.1) is 0 Å². The fraction of sp³-hybridized carbons (Fsp3) is 0.133. The van der Waals surface area contributed by atoms with Gasteiger partial charge in [0.05, 0.1) is 22.3 Å². The maximum Gasteiger partial charge on any atom is 0.348 e. The summed E-state index contributed by atoms with van der Waals surface area (Å²) in [7, 11) is -3.78. The van der Waals surface area contributed by atoms with Crippen LogP contribution in [-0.4, -0.2) is 33.0 Å². The maximum atomic E-state index is 13.1. The molecule has 0 aliphatic heterocycles. The summed E-state index contributed by atoms with van der Waals surface area (Å²) >= 11 is 0. The zero-order valence-corrected chi connectivity index (χ0v) is 22.1. The molecule has 1 fully saturated rings. The van der Waals surface area contributed by atoms with E-state index in [4.69, 9.17) is 4.98 Å². The van der Waals surface area contributed by atoms with Gasteiger partial charge in [0.2, 0.25) is 0 Å². The Hall–Kier alpha value is -4.67. The number of nitrogens with one attached hydrogen (secondary N) is 2. The van der Waals surface area contributed by atoms with Gasteiger partial charge in [0.15, 0.2) is 10.7 Å². The number of fused-ring (bicyclic) bond motifs is 3. The number of pyridine rings is 3. The highest BCUT2D eigenvalue weighted by Crippen LogP contribution is 2.43. The minimum atomic E-state index is -3.78. The SMILES string of the molecule is O=c1[nH]nc2ccc3nc(-c4ccc(C5(NS(=O)(=O)c6ccccn6)CCC5)cc4)c(-c4ccccc4)cc3n12. The molecule has 0 radical (unpaired) electrons. The largest absolute Gasteiger partial charge is 0.348 e. The van der Waals surface area contributed by atoms with Crippen molar-refractivity contribution >= 4 is 26.7 Å². The van der Waals surface area contributed by atoms with Crippen LogP contribution in [0.5, 0.6) is 0 Å². The van der Waals surface area contributed by atoms with Crippen LogP contribution in [0.1, 0.15) is 24.8 Å². The molecule has 1 saturated carbocycles. The molecule has 4 aromatic heterocycles. The molecule has 0 bridgehead atoms. The number of H-pyrrole nitrogens is 1. The lowest BCUT2D eigenvalue weighted by Crippen LogP contribution is -2.50. The Balaban J connectivity index is 1.33. The molecule has 2 N–H and O–H groups in total. The Labute approximate surface area is 229 Å². The van der Waals surface area contributed by atoms with Gasteiger partial charge in [-0.1, -0.05) is 60.7 Å². The highest BCUT2D eigenvalue weighted by Gasteiger charge is 2.42. The third kappa shape index (κ3) is 4.00. The van der Waals surface area contributed by atoms with Crippen molar-refractivity contribution in [2.24, 2.45) is 0 Å². The van der Waals surface area contributed by atoms with E-state index >= 15 is 0 Å². The summed E-state index contributed by atoms with van der Waals surface area (Å²) < 4.78 is 30.7. The zero-order valence-electron chi connectivity index (χ0n) is 21.3. The molecule has 2 aromatic carbocycles. The van der Waals surface area contributed by atoms with E-state index in [1.165, 1.54) is 16.7 Å². The summed E-state index contributed by atoms with van der Waals surface area (Å²) in [6.07, 6.45) is 3.82. The number of rotatable bonds is 6. The Kier molecular flexibility index (Phi) is 5.62. The third-order valence-electron chi connectivity index (χ3n) is 7.61. The number of hydrogen-bond acceptors (Lipinski definition) is 6. The molecule has 9 nitrogen and oxygen atoms in total. The normalized spacial score (nSPS) is 14.8. The second kappa shape index (κ2) is 9.22. The van der Waals surface area contributed by atoms with E-state index in [2.05, 4.69) is 19.9 Å². The lowest BCUT2D eigenvalue weighted by molar-refractivity contribution is 0.224. The van der Waals surface area contributed by atoms with E-state index in [1.807, 2.05) is 66.7 Å². The Bertz CT molecular complexity index is 2030. The quantitative estimate of drug-likeness (QED) is 0.312. The van der Waals surface area contributed by atoms with E-state index < -0.39 is 15.6 Å². The van der Waals surface area contributed by atoms with Crippen molar-refractivity contribution in [3.8, 4) is 22.4 Å². The summed E-state index contributed by atoms with van der Waals surface area (Å²) in [4.78, 5) is 21.6. The van der Waals surface area contributed by atoms with Gasteiger partial charge in [-0.3, -0.25) is 0 Å². The first-order chi connectivity index (χ1) is 19.4. The van der Waals surface area contributed by atoms with Gasteiger partial charge in [-0.2, -0.15) is 9.82 Å². The smallest absolute Gasteiger partial charge is 0.246 e. The van der Waals surface area contributed by atoms with Crippen molar-refractivity contribution in [3.63, 3.8) is 0 Å². The molecule has 0 spiro atoms. The fourth-order valence-corrected chi connectivity index (χ4v) is 6.82. The Morgan fingerprint density at radius 3 is 2.35 bits per heavy atom. The third-order valence-corrected chi connectivity index (χ3v) is 9.06. The molecule has 198 valence electrons. The molecular weight excluding hydrogens is 524 g/mol. The first-order valence-electron chi connectivity index (χ1n) is 13.0. The zero-order chi connectivity index (χ0) is 27.3. The summed E-state index contributed by atoms with van der Waals surface area (Å²) in [6.45, 7) is 0. The van der Waals surface area contributed by atoms with Crippen LogP contribution < -0.4 is 10.4 Å². The molecule has 10 heteroatoms. The van der Waals surface area contributed by atoms with Crippen LogP contribution >= 0.6 is 0 Å². The Morgan fingerprint density at radius 2 is 1.65 bits per heavy atom. The van der Waals surface area contributed by atoms with Crippen LogP contribution in [0.25, 0.3) is 39.1 Å². The number of aromatic amines is 1. The van der Waals surface area contributed by atoms with E-state index in [9.17, 15) is 13.2 Å². The second-order valence-electron chi connectivity index (χ2n) is 10.00. The van der Waals surface area contributed by atoms with Crippen molar-refractivity contribution in [2.45, 2.75) is 29.8 Å². The average molecular weight is 549 g/mol. The molecule has 4 heterocycles. The topological polar surface area (TPSA) is 122 Å². The average Bonchev–Trinajstić information content (AvgIpc) is 3.36. The summed E-state index contributed by atoms with van der Waals surface area (Å²) in [5.41, 5.74) is 5.22. The first kappa shape index (κ1) is 24.4. The Morgan fingerprint density at radius 1 is 0.875 bits per heavy atom. The second-order valence-corrected chi connectivity index (χ2v) is 11.6. The van der Waals surface area contributed by atoms with Gasteiger partial charge in [-0.05, 0) is 60.7 Å². The van der Waals surface area contributed by atoms with E-state index in [-0.39, 0.29) is 10.7 Å².